The molecule has 1 aliphatic heterocycles. The van der Waals surface area contributed by atoms with E-state index >= 15 is 0 Å². The molecule has 2 amide bonds. The van der Waals surface area contributed by atoms with Crippen LogP contribution in [0, 0.1) is 17.2 Å². The summed E-state index contributed by atoms with van der Waals surface area (Å²) < 4.78 is 5.28. The molecule has 0 aromatic heterocycles. The van der Waals surface area contributed by atoms with Crippen LogP contribution in [0.4, 0.5) is 0 Å². The molecule has 25 heavy (non-hydrogen) atoms. The van der Waals surface area contributed by atoms with Gasteiger partial charge in [-0.1, -0.05) is 29.8 Å². The van der Waals surface area contributed by atoms with Crippen LogP contribution < -0.4 is 26.4 Å². The largest absolute Gasteiger partial charge is 0.484 e. The zero-order valence-corrected chi connectivity index (χ0v) is 15.5. The number of nitriles is 1. The van der Waals surface area contributed by atoms with Crippen molar-refractivity contribution in [3.63, 3.8) is 0 Å². The van der Waals surface area contributed by atoms with Crippen LogP contribution in [0.3, 0.4) is 0 Å². The van der Waals surface area contributed by atoms with Gasteiger partial charge < -0.3 is 4.74 Å². The van der Waals surface area contributed by atoms with E-state index in [1.165, 1.54) is 0 Å². The highest BCUT2D eigenvalue weighted by Crippen LogP contribution is 2.21. The Bertz CT molecular complexity index is 659. The molecule has 1 heterocycles. The number of hydrazine groups is 2. The Morgan fingerprint density at radius 1 is 1.28 bits per heavy atom. The van der Waals surface area contributed by atoms with Crippen LogP contribution in [0.5, 0.6) is 5.75 Å². The van der Waals surface area contributed by atoms with E-state index in [-0.39, 0.29) is 23.4 Å². The van der Waals surface area contributed by atoms with Gasteiger partial charge in [0.25, 0.3) is 11.8 Å². The number of amides is 2. The highest BCUT2D eigenvalue weighted by molar-refractivity contribution is 9.09. The average Bonchev–Trinajstić information content (AvgIpc) is 3.00. The van der Waals surface area contributed by atoms with E-state index in [4.69, 9.17) is 10.00 Å². The number of carbonyl (C=O) groups is 2. The third-order valence-corrected chi connectivity index (χ3v) is 4.84. The Balaban J connectivity index is 1.74. The molecule has 0 radical (unpaired) electrons. The molecule has 0 aliphatic carbocycles. The molecule has 3 unspecified atom stereocenters. The number of ether oxygens (including phenoxy) is 1. The van der Waals surface area contributed by atoms with Gasteiger partial charge in [0.1, 0.15) is 11.8 Å². The molecule has 1 aromatic carbocycles. The summed E-state index contributed by atoms with van der Waals surface area (Å²) in [6.07, 6.45) is 0. The maximum Gasteiger partial charge on any atom is 0.276 e. The van der Waals surface area contributed by atoms with Crippen molar-refractivity contribution < 1.29 is 14.3 Å². The Kier molecular flexibility index (Phi) is 6.75. The van der Waals surface area contributed by atoms with E-state index in [0.717, 1.165) is 0 Å². The third kappa shape index (κ3) is 5.16. The minimum Gasteiger partial charge on any atom is -0.484 e. The lowest BCUT2D eigenvalue weighted by molar-refractivity contribution is -0.130. The van der Waals surface area contributed by atoms with E-state index in [9.17, 15) is 9.59 Å². The molecular formula is C16H20BrN5O3. The summed E-state index contributed by atoms with van der Waals surface area (Å²) in [5, 5.41) is 8.72. The van der Waals surface area contributed by atoms with E-state index in [1.807, 2.05) is 6.07 Å². The number of carbonyl (C=O) groups excluding carboxylic acids is 2. The van der Waals surface area contributed by atoms with Gasteiger partial charge in [-0.25, -0.2) is 5.43 Å². The van der Waals surface area contributed by atoms with Crippen LogP contribution >= 0.6 is 15.9 Å². The summed E-state index contributed by atoms with van der Waals surface area (Å²) in [4.78, 5) is 23.8. The maximum absolute atomic E-state index is 12.1. The second-order valence-electron chi connectivity index (χ2n) is 5.94. The molecule has 0 saturated carbocycles. The molecule has 3 atom stereocenters. The van der Waals surface area contributed by atoms with E-state index in [1.54, 1.807) is 24.3 Å². The first-order valence-corrected chi connectivity index (χ1v) is 8.70. The highest BCUT2D eigenvalue weighted by Gasteiger charge is 2.39. The van der Waals surface area contributed by atoms with Crippen LogP contribution in [-0.4, -0.2) is 35.3 Å². The maximum atomic E-state index is 12.1. The Morgan fingerprint density at radius 2 is 1.96 bits per heavy atom. The van der Waals surface area contributed by atoms with Crippen molar-refractivity contribution in [1.82, 2.24) is 21.7 Å². The lowest BCUT2D eigenvalue weighted by Gasteiger charge is -2.19. The van der Waals surface area contributed by atoms with Crippen LogP contribution in [0.15, 0.2) is 24.3 Å². The van der Waals surface area contributed by atoms with Gasteiger partial charge in [-0.2, -0.15) is 5.26 Å². The minimum absolute atomic E-state index is 0.0979. The van der Waals surface area contributed by atoms with Gasteiger partial charge in [0.05, 0.1) is 16.5 Å². The minimum atomic E-state index is -0.507. The predicted molar refractivity (Wildman–Crippen MR) is 94.3 cm³/mol. The number of halogens is 1. The van der Waals surface area contributed by atoms with Crippen molar-refractivity contribution in [3.8, 4) is 11.8 Å². The topological polar surface area (TPSA) is 115 Å². The lowest BCUT2D eigenvalue weighted by atomic mass is 9.99. The third-order valence-electron chi connectivity index (χ3n) is 3.75. The van der Waals surface area contributed by atoms with E-state index in [0.29, 0.717) is 17.2 Å². The van der Waals surface area contributed by atoms with Crippen molar-refractivity contribution in [3.05, 3.63) is 29.8 Å². The van der Waals surface area contributed by atoms with E-state index < -0.39 is 11.9 Å². The number of nitrogens with one attached hydrogen (secondary N) is 4. The molecule has 9 heteroatoms. The first-order valence-electron chi connectivity index (χ1n) is 7.79. The lowest BCUT2D eigenvalue weighted by Crippen LogP contribution is -2.53. The molecule has 0 spiro atoms. The molecular weight excluding hydrogens is 390 g/mol. The van der Waals surface area contributed by atoms with Gasteiger partial charge >= 0.3 is 0 Å². The van der Waals surface area contributed by atoms with Gasteiger partial charge in [0, 0.05) is 6.04 Å². The number of alkyl halides is 1. The number of rotatable bonds is 5. The number of hydrogen-bond donors (Lipinski definition) is 4. The summed E-state index contributed by atoms with van der Waals surface area (Å²) in [5.74, 6) is -0.0491. The Labute approximate surface area is 154 Å². The van der Waals surface area contributed by atoms with Crippen molar-refractivity contribution >= 4 is 27.7 Å². The summed E-state index contributed by atoms with van der Waals surface area (Å²) in [5.41, 5.74) is 11.2. The van der Waals surface area contributed by atoms with Gasteiger partial charge in [0.2, 0.25) is 0 Å². The molecule has 0 bridgehead atoms. The Hall–Kier alpha value is -2.15. The van der Waals surface area contributed by atoms with Crippen molar-refractivity contribution in [2.75, 3.05) is 6.61 Å². The fourth-order valence-corrected chi connectivity index (χ4v) is 3.43. The number of benzene rings is 1. The second-order valence-corrected chi connectivity index (χ2v) is 7.00. The molecule has 2 rings (SSSR count). The SMILES string of the molecule is CC(C)C1NNC(C(=O)NNC(=O)COc2ccc(C#N)cc2)C1Br. The van der Waals surface area contributed by atoms with Gasteiger partial charge in [-0.15, -0.1) is 0 Å². The first-order chi connectivity index (χ1) is 11.9. The molecule has 1 aromatic rings. The average molecular weight is 410 g/mol. The van der Waals surface area contributed by atoms with E-state index in [2.05, 4.69) is 51.5 Å². The predicted octanol–water partition coefficient (Wildman–Crippen LogP) is 0.349. The molecule has 1 aliphatic rings. The van der Waals surface area contributed by atoms with Gasteiger partial charge in [-0.3, -0.25) is 25.9 Å². The molecule has 1 saturated heterocycles. The molecule has 8 nitrogen and oxygen atoms in total. The number of hydrogen-bond acceptors (Lipinski definition) is 6. The van der Waals surface area contributed by atoms with Crippen molar-refractivity contribution in [1.29, 1.82) is 5.26 Å². The molecule has 4 N–H and O–H groups in total. The first kappa shape index (κ1) is 19.2. The number of nitrogens with zero attached hydrogens (tertiary/aromatic N) is 1. The normalized spacial score (nSPS) is 22.3. The fourth-order valence-electron chi connectivity index (χ4n) is 2.32. The zero-order valence-electron chi connectivity index (χ0n) is 13.9. The Morgan fingerprint density at radius 3 is 2.52 bits per heavy atom. The van der Waals surface area contributed by atoms with Gasteiger partial charge in [0.15, 0.2) is 6.61 Å². The summed E-state index contributed by atoms with van der Waals surface area (Å²) in [6.45, 7) is 3.85. The molecule has 1 fully saturated rings. The van der Waals surface area contributed by atoms with Crippen LogP contribution in [-0.2, 0) is 9.59 Å². The second kappa shape index (κ2) is 8.80. The molecule has 134 valence electrons. The van der Waals surface area contributed by atoms with Crippen molar-refractivity contribution in [2.45, 2.75) is 30.8 Å². The highest BCUT2D eigenvalue weighted by atomic mass is 79.9. The summed E-state index contributed by atoms with van der Waals surface area (Å²) in [7, 11) is 0. The zero-order chi connectivity index (χ0) is 18.4. The van der Waals surface area contributed by atoms with Crippen molar-refractivity contribution in [2.24, 2.45) is 5.92 Å². The van der Waals surface area contributed by atoms with Crippen LogP contribution in [0.25, 0.3) is 0 Å². The van der Waals surface area contributed by atoms with Crippen LogP contribution in [0.1, 0.15) is 19.4 Å². The smallest absolute Gasteiger partial charge is 0.276 e. The quantitative estimate of drug-likeness (QED) is 0.411. The summed E-state index contributed by atoms with van der Waals surface area (Å²) >= 11 is 3.51. The fraction of sp³-hybridized carbons (Fsp3) is 0.438. The van der Waals surface area contributed by atoms with Gasteiger partial charge in [-0.05, 0) is 30.2 Å². The summed E-state index contributed by atoms with van der Waals surface area (Å²) in [6, 6.07) is 7.97. The standard InChI is InChI=1S/C16H20BrN5O3/c1-9(2)14-13(17)15(21-20-14)16(24)22-19-12(23)8-25-11-5-3-10(7-18)4-6-11/h3-6,9,13-15,20-21H,8H2,1-2H3,(H,19,23)(H,22,24). The van der Waals surface area contributed by atoms with Crippen LogP contribution in [0.2, 0.25) is 0 Å². The monoisotopic (exact) mass is 409 g/mol.